The summed E-state index contributed by atoms with van der Waals surface area (Å²) in [6.45, 7) is 0. The molecule has 3 aromatic carbocycles. The maximum Gasteiger partial charge on any atom is 0.264 e. The van der Waals surface area contributed by atoms with Crippen LogP contribution in [0.2, 0.25) is 0 Å². The van der Waals surface area contributed by atoms with Gasteiger partial charge in [-0.3, -0.25) is 9.59 Å². The molecule has 0 unspecified atom stereocenters. The number of benzene rings is 3. The van der Waals surface area contributed by atoms with E-state index in [0.29, 0.717) is 5.56 Å². The Kier molecular flexibility index (Phi) is 3.36. The molecular weight excluding hydrogens is 304 g/mol. The molecule has 23 heavy (non-hydrogen) atoms. The van der Waals surface area contributed by atoms with Crippen molar-refractivity contribution in [2.45, 2.75) is 4.90 Å². The van der Waals surface area contributed by atoms with Gasteiger partial charge in [-0.1, -0.05) is 66.7 Å². The second-order valence-corrected chi connectivity index (χ2v) is 6.33. The Morgan fingerprint density at radius 3 is 1.87 bits per heavy atom. The lowest BCUT2D eigenvalue weighted by molar-refractivity contribution is -0.107. The van der Waals surface area contributed by atoms with Gasteiger partial charge in [0.2, 0.25) is 5.78 Å². The molecule has 3 heteroatoms. The first-order valence-electron chi connectivity index (χ1n) is 7.30. The maximum atomic E-state index is 12.4. The first-order valence-corrected chi connectivity index (χ1v) is 8.12. The van der Waals surface area contributed by atoms with Crippen LogP contribution in [0.25, 0.3) is 22.3 Å². The van der Waals surface area contributed by atoms with Crippen molar-refractivity contribution in [3.05, 3.63) is 78.4 Å². The van der Waals surface area contributed by atoms with Crippen LogP contribution < -0.4 is 0 Å². The number of fused-ring (bicyclic) bond motifs is 1. The molecule has 1 aliphatic heterocycles. The van der Waals surface area contributed by atoms with E-state index in [2.05, 4.69) is 0 Å². The van der Waals surface area contributed by atoms with Crippen molar-refractivity contribution in [3.8, 4) is 22.3 Å². The van der Waals surface area contributed by atoms with Gasteiger partial charge in [0.1, 0.15) is 0 Å². The quantitative estimate of drug-likeness (QED) is 0.635. The SMILES string of the molecule is O=C1Sc2ccc(-c3ccccc3)c(-c3ccccc3)c2C1=O. The first-order chi connectivity index (χ1) is 11.3. The Bertz CT molecular complexity index is 915. The molecule has 0 spiro atoms. The van der Waals surface area contributed by atoms with Gasteiger partial charge >= 0.3 is 0 Å². The highest BCUT2D eigenvalue weighted by molar-refractivity contribution is 8.16. The lowest BCUT2D eigenvalue weighted by Crippen LogP contribution is -2.05. The molecule has 0 amide bonds. The van der Waals surface area contributed by atoms with E-state index in [1.54, 1.807) is 0 Å². The lowest BCUT2D eigenvalue weighted by atomic mass is 9.89. The molecule has 1 aliphatic rings. The van der Waals surface area contributed by atoms with Crippen molar-refractivity contribution >= 4 is 22.7 Å². The molecule has 0 radical (unpaired) electrons. The number of carbonyl (C=O) groups excluding carboxylic acids is 2. The fourth-order valence-electron chi connectivity index (χ4n) is 2.91. The van der Waals surface area contributed by atoms with E-state index in [9.17, 15) is 9.59 Å². The predicted molar refractivity (Wildman–Crippen MR) is 92.5 cm³/mol. The average Bonchev–Trinajstić information content (AvgIpc) is 2.90. The number of rotatable bonds is 2. The third kappa shape index (κ3) is 2.30. The van der Waals surface area contributed by atoms with Crippen LogP contribution in [-0.2, 0) is 4.79 Å². The van der Waals surface area contributed by atoms with Crippen molar-refractivity contribution in [1.82, 2.24) is 0 Å². The third-order valence-electron chi connectivity index (χ3n) is 3.93. The fraction of sp³-hybridized carbons (Fsp3) is 0. The number of hydrogen-bond acceptors (Lipinski definition) is 3. The molecule has 0 aromatic heterocycles. The van der Waals surface area contributed by atoms with Crippen molar-refractivity contribution in [3.63, 3.8) is 0 Å². The number of hydrogen-bond donors (Lipinski definition) is 0. The summed E-state index contributed by atoms with van der Waals surface area (Å²) in [5.74, 6) is -0.401. The van der Waals surface area contributed by atoms with E-state index in [1.165, 1.54) is 0 Å². The van der Waals surface area contributed by atoms with Crippen LogP contribution in [0, 0.1) is 0 Å². The average molecular weight is 316 g/mol. The van der Waals surface area contributed by atoms with E-state index in [1.807, 2.05) is 72.8 Å². The molecular formula is C20H12O2S. The number of Topliss-reactive ketones (excluding diaryl/α,β-unsaturated/α-hetero) is 1. The smallest absolute Gasteiger partial charge is 0.264 e. The van der Waals surface area contributed by atoms with Gasteiger partial charge in [0.25, 0.3) is 5.12 Å². The predicted octanol–water partition coefficient (Wildman–Crippen LogP) is 4.84. The van der Waals surface area contributed by atoms with Gasteiger partial charge in [-0.15, -0.1) is 0 Å². The van der Waals surface area contributed by atoms with Gasteiger partial charge in [0.05, 0.1) is 0 Å². The molecule has 0 bridgehead atoms. The second kappa shape index (κ2) is 5.52. The van der Waals surface area contributed by atoms with Crippen molar-refractivity contribution < 1.29 is 9.59 Å². The zero-order valence-electron chi connectivity index (χ0n) is 12.2. The van der Waals surface area contributed by atoms with Gasteiger partial charge in [0.15, 0.2) is 0 Å². The van der Waals surface area contributed by atoms with Gasteiger partial charge in [0, 0.05) is 16.0 Å². The van der Waals surface area contributed by atoms with E-state index in [0.717, 1.165) is 38.9 Å². The summed E-state index contributed by atoms with van der Waals surface area (Å²) in [5.41, 5.74) is 4.34. The normalized spacial score (nSPS) is 13.2. The molecule has 1 heterocycles. The maximum absolute atomic E-state index is 12.4. The monoisotopic (exact) mass is 316 g/mol. The van der Waals surface area contributed by atoms with Crippen LogP contribution >= 0.6 is 11.8 Å². The van der Waals surface area contributed by atoms with Gasteiger partial charge in [-0.2, -0.15) is 0 Å². The second-order valence-electron chi connectivity index (χ2n) is 5.31. The summed E-state index contributed by atoms with van der Waals surface area (Å²) in [6.07, 6.45) is 0. The standard InChI is InChI=1S/C20H12O2S/c21-19-18-16(23-20(19)22)12-11-15(13-7-3-1-4-8-13)17(18)14-9-5-2-6-10-14/h1-12H. The molecule has 0 atom stereocenters. The largest absolute Gasteiger partial charge is 0.284 e. The summed E-state index contributed by atoms with van der Waals surface area (Å²) in [5, 5.41) is -0.401. The Hall–Kier alpha value is -2.65. The Morgan fingerprint density at radius 2 is 1.22 bits per heavy atom. The van der Waals surface area contributed by atoms with E-state index < -0.39 is 10.9 Å². The van der Waals surface area contributed by atoms with Gasteiger partial charge < -0.3 is 0 Å². The molecule has 0 N–H and O–H groups in total. The Balaban J connectivity index is 2.06. The van der Waals surface area contributed by atoms with E-state index in [4.69, 9.17) is 0 Å². The molecule has 0 aliphatic carbocycles. The van der Waals surface area contributed by atoms with E-state index >= 15 is 0 Å². The zero-order chi connectivity index (χ0) is 15.8. The lowest BCUT2D eigenvalue weighted by Gasteiger charge is -2.14. The van der Waals surface area contributed by atoms with Crippen LogP contribution in [0.4, 0.5) is 0 Å². The Morgan fingerprint density at radius 1 is 0.609 bits per heavy atom. The van der Waals surface area contributed by atoms with E-state index in [-0.39, 0.29) is 0 Å². The third-order valence-corrected chi connectivity index (χ3v) is 4.86. The Labute approximate surface area is 138 Å². The van der Waals surface area contributed by atoms with Crippen LogP contribution in [0.15, 0.2) is 77.7 Å². The summed E-state index contributed by atoms with van der Waals surface area (Å²) in [6, 6.07) is 23.6. The highest BCUT2D eigenvalue weighted by Crippen LogP contribution is 2.43. The van der Waals surface area contributed by atoms with Crippen molar-refractivity contribution in [1.29, 1.82) is 0 Å². The molecule has 110 valence electrons. The molecule has 4 rings (SSSR count). The number of ketones is 1. The van der Waals surface area contributed by atoms with Crippen LogP contribution in [-0.4, -0.2) is 10.9 Å². The van der Waals surface area contributed by atoms with Crippen LogP contribution in [0.5, 0.6) is 0 Å². The van der Waals surface area contributed by atoms with Crippen LogP contribution in [0.1, 0.15) is 10.4 Å². The first kappa shape index (κ1) is 14.0. The van der Waals surface area contributed by atoms with Crippen LogP contribution in [0.3, 0.4) is 0 Å². The zero-order valence-corrected chi connectivity index (χ0v) is 13.0. The molecule has 3 aromatic rings. The summed E-state index contributed by atoms with van der Waals surface area (Å²) in [4.78, 5) is 25.0. The highest BCUT2D eigenvalue weighted by Gasteiger charge is 2.33. The minimum Gasteiger partial charge on any atom is -0.284 e. The fourth-order valence-corrected chi connectivity index (χ4v) is 3.73. The van der Waals surface area contributed by atoms with Gasteiger partial charge in [-0.25, -0.2) is 0 Å². The minimum absolute atomic E-state index is 0.401. The highest BCUT2D eigenvalue weighted by atomic mass is 32.2. The summed E-state index contributed by atoms with van der Waals surface area (Å²) < 4.78 is 0. The molecule has 0 saturated carbocycles. The van der Waals surface area contributed by atoms with Crippen molar-refractivity contribution in [2.24, 2.45) is 0 Å². The topological polar surface area (TPSA) is 34.1 Å². The number of thioether (sulfide) groups is 1. The molecule has 0 saturated heterocycles. The molecule has 0 fully saturated rings. The summed E-state index contributed by atoms with van der Waals surface area (Å²) in [7, 11) is 0. The molecule has 2 nitrogen and oxygen atoms in total. The minimum atomic E-state index is -0.401. The van der Waals surface area contributed by atoms with Gasteiger partial charge in [-0.05, 0) is 34.5 Å². The number of carbonyl (C=O) groups is 2. The summed E-state index contributed by atoms with van der Waals surface area (Å²) >= 11 is 1.02. The van der Waals surface area contributed by atoms with Crippen molar-refractivity contribution in [2.75, 3.05) is 0 Å².